The first-order valence-corrected chi connectivity index (χ1v) is 8.24. The lowest BCUT2D eigenvalue weighted by molar-refractivity contribution is -0.117. The van der Waals surface area contributed by atoms with Gasteiger partial charge in [-0.3, -0.25) is 9.59 Å². The van der Waals surface area contributed by atoms with Crippen molar-refractivity contribution in [1.82, 2.24) is 14.5 Å². The number of hydrogen-bond donors (Lipinski definition) is 0. The Hall–Kier alpha value is -2.54. The first-order chi connectivity index (χ1) is 11.4. The number of aromatic nitrogens is 3. The molecule has 6 nitrogen and oxygen atoms in total. The molecule has 0 N–H and O–H groups in total. The number of pyridine rings is 2. The van der Waals surface area contributed by atoms with Crippen LogP contribution in [0.3, 0.4) is 0 Å². The molecule has 3 aromatic rings. The van der Waals surface area contributed by atoms with E-state index in [2.05, 4.69) is 9.97 Å². The third-order valence-electron chi connectivity index (χ3n) is 3.93. The van der Waals surface area contributed by atoms with Crippen LogP contribution < -0.4 is 10.2 Å². The lowest BCUT2D eigenvalue weighted by atomic mass is 10.2. The van der Waals surface area contributed by atoms with Crippen molar-refractivity contribution in [3.8, 4) is 16.5 Å². The van der Waals surface area contributed by atoms with Gasteiger partial charge in [-0.1, -0.05) is 0 Å². The van der Waals surface area contributed by atoms with Crippen LogP contribution in [0.2, 0.25) is 0 Å². The van der Waals surface area contributed by atoms with E-state index in [0.29, 0.717) is 26.8 Å². The molecule has 0 bridgehead atoms. The average Bonchev–Trinajstić information content (AvgIpc) is 3.02. The number of ether oxygens (including phenoxy) is 1. The molecule has 0 fully saturated rings. The molecule has 124 valence electrons. The third-order valence-corrected chi connectivity index (χ3v) is 5.02. The summed E-state index contributed by atoms with van der Waals surface area (Å²) in [7, 11) is 1.55. The van der Waals surface area contributed by atoms with Crippen molar-refractivity contribution in [2.45, 2.75) is 27.3 Å². The Morgan fingerprint density at radius 2 is 2.12 bits per heavy atom. The second-order valence-electron chi connectivity index (χ2n) is 5.59. The zero-order chi connectivity index (χ0) is 17.4. The van der Waals surface area contributed by atoms with Gasteiger partial charge in [0.1, 0.15) is 15.5 Å². The molecule has 0 aliphatic carbocycles. The Labute approximate surface area is 142 Å². The highest BCUT2D eigenvalue weighted by Crippen LogP contribution is 2.30. The maximum absolute atomic E-state index is 12.6. The highest BCUT2D eigenvalue weighted by molar-refractivity contribution is 7.21. The Morgan fingerprint density at radius 3 is 2.79 bits per heavy atom. The minimum absolute atomic E-state index is 0.0163. The number of methoxy groups -OCH3 is 1. The van der Waals surface area contributed by atoms with Crippen LogP contribution in [-0.4, -0.2) is 27.4 Å². The van der Waals surface area contributed by atoms with Crippen LogP contribution in [0.25, 0.3) is 20.9 Å². The highest BCUT2D eigenvalue weighted by Gasteiger charge is 2.18. The van der Waals surface area contributed by atoms with Crippen LogP contribution in [0.4, 0.5) is 0 Å². The third kappa shape index (κ3) is 2.71. The van der Waals surface area contributed by atoms with Gasteiger partial charge in [-0.15, -0.1) is 11.3 Å². The number of carbonyl (C=O) groups excluding carboxylic acids is 1. The van der Waals surface area contributed by atoms with Gasteiger partial charge in [-0.25, -0.2) is 9.97 Å². The van der Waals surface area contributed by atoms with Crippen LogP contribution in [0.5, 0.6) is 5.88 Å². The van der Waals surface area contributed by atoms with E-state index in [1.165, 1.54) is 18.3 Å². The van der Waals surface area contributed by atoms with Gasteiger partial charge in [0.05, 0.1) is 13.7 Å². The zero-order valence-corrected chi connectivity index (χ0v) is 14.7. The van der Waals surface area contributed by atoms with E-state index in [1.54, 1.807) is 26.3 Å². The number of hydrogen-bond acceptors (Lipinski definition) is 6. The molecular formula is C17H17N3O3S. The summed E-state index contributed by atoms with van der Waals surface area (Å²) < 4.78 is 7.52. The molecule has 0 saturated heterocycles. The quantitative estimate of drug-likeness (QED) is 0.728. The summed E-state index contributed by atoms with van der Waals surface area (Å²) in [6.07, 6.45) is 1.64. The molecule has 0 amide bonds. The maximum atomic E-state index is 12.6. The number of carbonyl (C=O) groups is 1. The van der Waals surface area contributed by atoms with Crippen molar-refractivity contribution >= 4 is 27.5 Å². The monoisotopic (exact) mass is 343 g/mol. The lowest BCUT2D eigenvalue weighted by Crippen LogP contribution is -2.18. The molecule has 0 atom stereocenters. The second-order valence-corrected chi connectivity index (χ2v) is 6.59. The van der Waals surface area contributed by atoms with E-state index in [0.717, 1.165) is 11.3 Å². The summed E-state index contributed by atoms with van der Waals surface area (Å²) in [4.78, 5) is 32.9. The molecule has 0 aromatic carbocycles. The molecule has 3 heterocycles. The summed E-state index contributed by atoms with van der Waals surface area (Å²) in [6, 6.07) is 3.59. The number of thiazole rings is 1. The van der Waals surface area contributed by atoms with Crippen LogP contribution in [0, 0.1) is 13.8 Å². The van der Waals surface area contributed by atoms with E-state index in [-0.39, 0.29) is 17.8 Å². The Balaban J connectivity index is 2.28. The van der Waals surface area contributed by atoms with E-state index in [9.17, 15) is 9.59 Å². The van der Waals surface area contributed by atoms with Crippen molar-refractivity contribution in [2.75, 3.05) is 7.11 Å². The van der Waals surface area contributed by atoms with Crippen LogP contribution in [-0.2, 0) is 11.3 Å². The van der Waals surface area contributed by atoms with E-state index in [1.807, 2.05) is 17.6 Å². The van der Waals surface area contributed by atoms with Gasteiger partial charge in [-0.05, 0) is 26.8 Å². The first-order valence-electron chi connectivity index (χ1n) is 7.42. The number of fused-ring (bicyclic) bond motifs is 1. The van der Waals surface area contributed by atoms with Crippen molar-refractivity contribution in [3.05, 3.63) is 39.8 Å². The lowest BCUT2D eigenvalue weighted by Gasteiger charge is -2.11. The zero-order valence-electron chi connectivity index (χ0n) is 13.9. The number of nitrogens with zero attached hydrogens (tertiary/aromatic N) is 3. The van der Waals surface area contributed by atoms with Gasteiger partial charge in [0, 0.05) is 29.1 Å². The molecule has 3 rings (SSSR count). The predicted molar refractivity (Wildman–Crippen MR) is 93.8 cm³/mol. The maximum Gasteiger partial charge on any atom is 0.213 e. The predicted octanol–water partition coefficient (Wildman–Crippen LogP) is 2.73. The van der Waals surface area contributed by atoms with Crippen LogP contribution >= 0.6 is 11.3 Å². The summed E-state index contributed by atoms with van der Waals surface area (Å²) in [6.45, 7) is 5.35. The van der Waals surface area contributed by atoms with Gasteiger partial charge >= 0.3 is 0 Å². The van der Waals surface area contributed by atoms with Crippen LogP contribution in [0.1, 0.15) is 18.2 Å². The van der Waals surface area contributed by atoms with Crippen molar-refractivity contribution in [2.24, 2.45) is 0 Å². The molecule has 0 unspecified atom stereocenters. The summed E-state index contributed by atoms with van der Waals surface area (Å²) >= 11 is 1.32. The molecule has 24 heavy (non-hydrogen) atoms. The smallest absolute Gasteiger partial charge is 0.213 e. The SMILES string of the molecule is COc1cc(-c2nc3c(s2)c(=O)c(C)c(C)n3CC(C)=O)ccn1. The molecule has 7 heteroatoms. The molecule has 0 radical (unpaired) electrons. The number of rotatable bonds is 4. The van der Waals surface area contributed by atoms with Crippen molar-refractivity contribution in [1.29, 1.82) is 0 Å². The largest absolute Gasteiger partial charge is 0.481 e. The molecular weight excluding hydrogens is 326 g/mol. The molecule has 0 aliphatic heterocycles. The fourth-order valence-electron chi connectivity index (χ4n) is 2.53. The van der Waals surface area contributed by atoms with Crippen molar-refractivity contribution < 1.29 is 9.53 Å². The highest BCUT2D eigenvalue weighted by atomic mass is 32.1. The second kappa shape index (κ2) is 6.16. The Morgan fingerprint density at radius 1 is 1.38 bits per heavy atom. The van der Waals surface area contributed by atoms with E-state index in [4.69, 9.17) is 4.74 Å². The number of ketones is 1. The van der Waals surface area contributed by atoms with E-state index < -0.39 is 0 Å². The molecule has 0 aliphatic rings. The van der Waals surface area contributed by atoms with Gasteiger partial charge in [-0.2, -0.15) is 0 Å². The minimum Gasteiger partial charge on any atom is -0.481 e. The molecule has 3 aromatic heterocycles. The first kappa shape index (κ1) is 16.3. The average molecular weight is 343 g/mol. The normalized spacial score (nSPS) is 11.0. The topological polar surface area (TPSA) is 74.1 Å². The molecule has 0 saturated carbocycles. The van der Waals surface area contributed by atoms with Crippen molar-refractivity contribution in [3.63, 3.8) is 0 Å². The van der Waals surface area contributed by atoms with E-state index >= 15 is 0 Å². The minimum atomic E-state index is -0.0351. The summed E-state index contributed by atoms with van der Waals surface area (Å²) in [5.41, 5.74) is 2.76. The summed E-state index contributed by atoms with van der Waals surface area (Å²) in [5.74, 6) is 0.501. The van der Waals surface area contributed by atoms with Crippen LogP contribution in [0.15, 0.2) is 23.1 Å². The number of Topliss-reactive ketones (excluding diaryl/α,β-unsaturated/α-hetero) is 1. The fraction of sp³-hybridized carbons (Fsp3) is 0.294. The Bertz CT molecular complexity index is 1000. The summed E-state index contributed by atoms with van der Waals surface area (Å²) in [5, 5.41) is 0.699. The molecule has 0 spiro atoms. The fourth-order valence-corrected chi connectivity index (χ4v) is 3.60. The Kier molecular flexibility index (Phi) is 4.19. The van der Waals surface area contributed by atoms with Gasteiger partial charge in [0.15, 0.2) is 5.65 Å². The van der Waals surface area contributed by atoms with Gasteiger partial charge < -0.3 is 9.30 Å². The van der Waals surface area contributed by atoms with Gasteiger partial charge in [0.25, 0.3) is 0 Å². The standard InChI is InChI=1S/C17H17N3O3S/c1-9(21)8-20-11(3)10(2)14(22)15-16(20)19-17(24-15)12-5-6-18-13(7-12)23-4/h5-7H,8H2,1-4H3. The van der Waals surface area contributed by atoms with Gasteiger partial charge in [0.2, 0.25) is 11.3 Å².